The zero-order chi connectivity index (χ0) is 22.5. The Labute approximate surface area is 188 Å². The lowest BCUT2D eigenvalue weighted by Gasteiger charge is -2.26. The Morgan fingerprint density at radius 2 is 2.16 bits per heavy atom. The Morgan fingerprint density at radius 3 is 2.88 bits per heavy atom. The number of ether oxygens (including phenoxy) is 1. The molecule has 2 aromatic carbocycles. The van der Waals surface area contributed by atoms with Gasteiger partial charge in [-0.2, -0.15) is 5.10 Å². The van der Waals surface area contributed by atoms with Crippen LogP contribution >= 0.6 is 0 Å². The van der Waals surface area contributed by atoms with Crippen molar-refractivity contribution in [2.45, 2.75) is 18.9 Å². The predicted octanol–water partition coefficient (Wildman–Crippen LogP) is 4.81. The van der Waals surface area contributed by atoms with Crippen LogP contribution in [0.3, 0.4) is 0 Å². The molecule has 1 fully saturated rings. The van der Waals surface area contributed by atoms with Crippen LogP contribution in [0, 0.1) is 0 Å². The van der Waals surface area contributed by atoms with Crippen LogP contribution in [0.2, 0.25) is 0 Å². The number of allylic oxidation sites excluding steroid dienone is 2. The average Bonchev–Trinajstić information content (AvgIpc) is 3.54. The van der Waals surface area contributed by atoms with Crippen molar-refractivity contribution < 1.29 is 9.53 Å². The van der Waals surface area contributed by atoms with E-state index in [2.05, 4.69) is 40.3 Å². The third-order valence-corrected chi connectivity index (χ3v) is 5.90. The molecule has 4 rings (SSSR count). The van der Waals surface area contributed by atoms with Gasteiger partial charge in [-0.3, -0.25) is 9.89 Å². The summed E-state index contributed by atoms with van der Waals surface area (Å²) in [5, 5.41) is 9.88. The van der Waals surface area contributed by atoms with E-state index in [0.29, 0.717) is 11.3 Å². The number of aromatic amines is 1. The molecule has 1 saturated heterocycles. The van der Waals surface area contributed by atoms with Crippen LogP contribution in [0.4, 0.5) is 0 Å². The number of nitrogens with one attached hydrogen (secondary N) is 2. The van der Waals surface area contributed by atoms with Crippen molar-refractivity contribution in [3.05, 3.63) is 90.4 Å². The predicted molar refractivity (Wildman–Crippen MR) is 127 cm³/mol. The molecule has 2 heterocycles. The van der Waals surface area contributed by atoms with Gasteiger partial charge >= 0.3 is 0 Å². The van der Waals surface area contributed by atoms with Crippen molar-refractivity contribution >= 4 is 11.5 Å². The number of methoxy groups -OCH3 is 1. The standard InChI is InChI=1S/C26H28N4O2/c1-4-18(15-27-2)19-7-5-8-21(13-19)24-9-6-12-30(24)26(31)23-11-10-20(14-25(23)32-3)22-16-28-29-17-22/h4-5,7-8,10-11,13-17,24,27H,1,6,9,12H2,2-3H3,(H,28,29)/b18-15+. The molecule has 32 heavy (non-hydrogen) atoms. The molecule has 3 aromatic rings. The Hall–Kier alpha value is -3.80. The summed E-state index contributed by atoms with van der Waals surface area (Å²) in [5.74, 6) is 0.558. The maximum absolute atomic E-state index is 13.6. The molecule has 0 radical (unpaired) electrons. The molecule has 1 unspecified atom stereocenters. The van der Waals surface area contributed by atoms with Gasteiger partial charge in [0.2, 0.25) is 0 Å². The Bertz CT molecular complexity index is 1130. The minimum atomic E-state index is -0.0109. The first-order valence-electron chi connectivity index (χ1n) is 10.7. The van der Waals surface area contributed by atoms with Gasteiger partial charge in [0.15, 0.2) is 0 Å². The molecule has 1 amide bonds. The number of nitrogens with zero attached hydrogens (tertiary/aromatic N) is 2. The average molecular weight is 429 g/mol. The number of H-pyrrole nitrogens is 1. The Balaban J connectivity index is 1.64. The third-order valence-electron chi connectivity index (χ3n) is 5.90. The lowest BCUT2D eigenvalue weighted by molar-refractivity contribution is 0.0732. The van der Waals surface area contributed by atoms with Gasteiger partial charge in [-0.1, -0.05) is 36.9 Å². The number of likely N-dealkylation sites (tertiary alicyclic amines) is 1. The third kappa shape index (κ3) is 4.17. The summed E-state index contributed by atoms with van der Waals surface area (Å²) in [6.07, 6.45) is 9.23. The summed E-state index contributed by atoms with van der Waals surface area (Å²) in [7, 11) is 3.47. The lowest BCUT2D eigenvalue weighted by atomic mass is 9.98. The molecule has 2 N–H and O–H groups in total. The summed E-state index contributed by atoms with van der Waals surface area (Å²) in [4.78, 5) is 15.5. The number of carbonyl (C=O) groups excluding carboxylic acids is 1. The van der Waals surface area contributed by atoms with E-state index in [0.717, 1.165) is 47.2 Å². The normalized spacial score (nSPS) is 16.1. The van der Waals surface area contributed by atoms with Gasteiger partial charge in [-0.15, -0.1) is 0 Å². The minimum absolute atomic E-state index is 0.0109. The molecule has 0 bridgehead atoms. The van der Waals surface area contributed by atoms with Gasteiger partial charge in [0, 0.05) is 31.6 Å². The van der Waals surface area contributed by atoms with Crippen LogP contribution in [-0.4, -0.2) is 41.7 Å². The summed E-state index contributed by atoms with van der Waals surface area (Å²) in [6, 6.07) is 14.1. The fourth-order valence-corrected chi connectivity index (χ4v) is 4.31. The SMILES string of the molecule is C=C/C(=C\NC)c1cccc(C2CCCN2C(=O)c2ccc(-c3cn[nH]c3)cc2OC)c1. The van der Waals surface area contributed by atoms with Gasteiger partial charge in [0.05, 0.1) is 24.9 Å². The van der Waals surface area contributed by atoms with Crippen molar-refractivity contribution in [1.29, 1.82) is 0 Å². The second-order valence-corrected chi connectivity index (χ2v) is 7.78. The Morgan fingerprint density at radius 1 is 1.28 bits per heavy atom. The molecule has 0 saturated carbocycles. The topological polar surface area (TPSA) is 70.2 Å². The van der Waals surface area contributed by atoms with Crippen LogP contribution < -0.4 is 10.1 Å². The molecule has 6 heteroatoms. The number of benzene rings is 2. The largest absolute Gasteiger partial charge is 0.496 e. The molecule has 1 aromatic heterocycles. The van der Waals surface area contributed by atoms with Crippen LogP contribution in [0.1, 0.15) is 40.4 Å². The maximum atomic E-state index is 13.6. The van der Waals surface area contributed by atoms with Gasteiger partial charge in [0.1, 0.15) is 5.75 Å². The van der Waals surface area contributed by atoms with E-state index >= 15 is 0 Å². The van der Waals surface area contributed by atoms with E-state index in [1.807, 2.05) is 54.7 Å². The molecule has 164 valence electrons. The van der Waals surface area contributed by atoms with Gasteiger partial charge in [-0.05, 0) is 53.3 Å². The second-order valence-electron chi connectivity index (χ2n) is 7.78. The first kappa shape index (κ1) is 21.4. The summed E-state index contributed by atoms with van der Waals surface area (Å²) >= 11 is 0. The number of aromatic nitrogens is 2. The molecular formula is C26H28N4O2. The molecule has 1 aliphatic rings. The van der Waals surface area contributed by atoms with Crippen molar-refractivity contribution in [3.8, 4) is 16.9 Å². The highest BCUT2D eigenvalue weighted by atomic mass is 16.5. The fourth-order valence-electron chi connectivity index (χ4n) is 4.31. The highest BCUT2D eigenvalue weighted by Crippen LogP contribution is 2.36. The number of hydrogen-bond donors (Lipinski definition) is 2. The van der Waals surface area contributed by atoms with E-state index in [4.69, 9.17) is 4.74 Å². The van der Waals surface area contributed by atoms with Crippen LogP contribution in [0.15, 0.2) is 73.7 Å². The van der Waals surface area contributed by atoms with Crippen molar-refractivity contribution in [1.82, 2.24) is 20.4 Å². The zero-order valence-electron chi connectivity index (χ0n) is 18.5. The van der Waals surface area contributed by atoms with Gasteiger partial charge in [-0.25, -0.2) is 0 Å². The number of carbonyl (C=O) groups is 1. The highest BCUT2D eigenvalue weighted by molar-refractivity contribution is 5.98. The molecule has 1 aliphatic heterocycles. The molecule has 0 aliphatic carbocycles. The molecule has 0 spiro atoms. The lowest BCUT2D eigenvalue weighted by Crippen LogP contribution is -2.31. The van der Waals surface area contributed by atoms with Gasteiger partial charge < -0.3 is 15.0 Å². The van der Waals surface area contributed by atoms with Crippen LogP contribution in [0.25, 0.3) is 16.7 Å². The van der Waals surface area contributed by atoms with Crippen molar-refractivity contribution in [2.75, 3.05) is 20.7 Å². The Kier molecular flexibility index (Phi) is 6.40. The zero-order valence-corrected chi connectivity index (χ0v) is 18.5. The van der Waals surface area contributed by atoms with E-state index < -0.39 is 0 Å². The summed E-state index contributed by atoms with van der Waals surface area (Å²) < 4.78 is 5.59. The van der Waals surface area contributed by atoms with E-state index in [1.54, 1.807) is 13.3 Å². The van der Waals surface area contributed by atoms with E-state index in [9.17, 15) is 4.79 Å². The molecule has 1 atom stereocenters. The van der Waals surface area contributed by atoms with Crippen LogP contribution in [-0.2, 0) is 0 Å². The highest BCUT2D eigenvalue weighted by Gasteiger charge is 2.32. The van der Waals surface area contributed by atoms with Crippen molar-refractivity contribution in [3.63, 3.8) is 0 Å². The number of rotatable bonds is 7. The summed E-state index contributed by atoms with van der Waals surface area (Å²) in [6.45, 7) is 4.64. The van der Waals surface area contributed by atoms with E-state index in [1.165, 1.54) is 0 Å². The molecule has 6 nitrogen and oxygen atoms in total. The van der Waals surface area contributed by atoms with Gasteiger partial charge in [0.25, 0.3) is 5.91 Å². The first-order valence-corrected chi connectivity index (χ1v) is 10.7. The first-order chi connectivity index (χ1) is 15.7. The van der Waals surface area contributed by atoms with Crippen molar-refractivity contribution in [2.24, 2.45) is 0 Å². The monoisotopic (exact) mass is 428 g/mol. The quantitative estimate of drug-likeness (QED) is 0.530. The summed E-state index contributed by atoms with van der Waals surface area (Å²) in [5.41, 5.74) is 5.70. The minimum Gasteiger partial charge on any atom is -0.496 e. The second kappa shape index (κ2) is 9.56. The van der Waals surface area contributed by atoms with Crippen LogP contribution in [0.5, 0.6) is 5.75 Å². The number of hydrogen-bond acceptors (Lipinski definition) is 4. The molecular weight excluding hydrogens is 400 g/mol. The fraction of sp³-hybridized carbons (Fsp3) is 0.231. The smallest absolute Gasteiger partial charge is 0.258 e. The van der Waals surface area contributed by atoms with E-state index in [-0.39, 0.29) is 11.9 Å². The maximum Gasteiger partial charge on any atom is 0.258 e. The number of amides is 1.